The van der Waals surface area contributed by atoms with Crippen molar-refractivity contribution in [1.82, 2.24) is 9.80 Å². The van der Waals surface area contributed by atoms with E-state index in [0.717, 1.165) is 49.0 Å². The van der Waals surface area contributed by atoms with Gasteiger partial charge in [0, 0.05) is 31.7 Å². The molecule has 0 spiro atoms. The molecule has 1 fully saturated rings. The average Bonchev–Trinajstić information content (AvgIpc) is 2.67. The molecular formula is C20H24N2OS. The van der Waals surface area contributed by atoms with Gasteiger partial charge < -0.3 is 14.5 Å². The molecule has 0 amide bonds. The molecule has 0 aliphatic carbocycles. The van der Waals surface area contributed by atoms with E-state index in [0.29, 0.717) is 6.61 Å². The highest BCUT2D eigenvalue weighted by atomic mass is 32.1. The Bertz CT molecular complexity index is 666. The SMILES string of the molecule is CCN1CCN(C(=S)c2cccc(OCc3ccccc3)c2)CC1. The van der Waals surface area contributed by atoms with Crippen molar-refractivity contribution >= 4 is 17.2 Å². The van der Waals surface area contributed by atoms with E-state index in [1.54, 1.807) is 0 Å². The van der Waals surface area contributed by atoms with E-state index in [1.807, 2.05) is 30.3 Å². The molecule has 4 heteroatoms. The van der Waals surface area contributed by atoms with Crippen molar-refractivity contribution in [3.8, 4) is 5.75 Å². The van der Waals surface area contributed by atoms with Crippen molar-refractivity contribution in [2.45, 2.75) is 13.5 Å². The number of nitrogens with zero attached hydrogens (tertiary/aromatic N) is 2. The highest BCUT2D eigenvalue weighted by Crippen LogP contribution is 2.18. The Morgan fingerprint density at radius 3 is 2.46 bits per heavy atom. The van der Waals surface area contributed by atoms with E-state index >= 15 is 0 Å². The molecule has 24 heavy (non-hydrogen) atoms. The first-order chi connectivity index (χ1) is 11.8. The third kappa shape index (κ3) is 4.34. The molecule has 3 nitrogen and oxygen atoms in total. The van der Waals surface area contributed by atoms with E-state index in [4.69, 9.17) is 17.0 Å². The summed E-state index contributed by atoms with van der Waals surface area (Å²) in [6, 6.07) is 18.3. The summed E-state index contributed by atoms with van der Waals surface area (Å²) in [5, 5.41) is 0. The van der Waals surface area contributed by atoms with Crippen molar-refractivity contribution in [2.24, 2.45) is 0 Å². The molecule has 0 aromatic heterocycles. The molecule has 2 aromatic carbocycles. The number of piperazine rings is 1. The van der Waals surface area contributed by atoms with E-state index in [2.05, 4.69) is 41.0 Å². The maximum absolute atomic E-state index is 5.92. The van der Waals surface area contributed by atoms with Crippen molar-refractivity contribution in [3.05, 3.63) is 65.7 Å². The molecule has 3 rings (SSSR count). The lowest BCUT2D eigenvalue weighted by Crippen LogP contribution is -2.48. The van der Waals surface area contributed by atoms with Crippen LogP contribution >= 0.6 is 12.2 Å². The van der Waals surface area contributed by atoms with Gasteiger partial charge in [-0.3, -0.25) is 0 Å². The Balaban J connectivity index is 1.61. The summed E-state index contributed by atoms with van der Waals surface area (Å²) in [5.41, 5.74) is 2.24. The zero-order valence-corrected chi connectivity index (χ0v) is 15.0. The van der Waals surface area contributed by atoms with Crippen LogP contribution in [0.2, 0.25) is 0 Å². The average molecular weight is 340 g/mol. The molecule has 0 saturated carbocycles. The van der Waals surface area contributed by atoms with Crippen molar-refractivity contribution in [2.75, 3.05) is 32.7 Å². The van der Waals surface area contributed by atoms with E-state index in [1.165, 1.54) is 5.56 Å². The van der Waals surface area contributed by atoms with Crippen molar-refractivity contribution in [3.63, 3.8) is 0 Å². The van der Waals surface area contributed by atoms with E-state index in [9.17, 15) is 0 Å². The third-order valence-electron chi connectivity index (χ3n) is 4.44. The Hall–Kier alpha value is -1.91. The Labute approximate surface area is 149 Å². The lowest BCUT2D eigenvalue weighted by molar-refractivity contribution is 0.192. The second kappa shape index (κ2) is 8.27. The Morgan fingerprint density at radius 1 is 1.00 bits per heavy atom. The van der Waals surface area contributed by atoms with Gasteiger partial charge in [-0.25, -0.2) is 0 Å². The largest absolute Gasteiger partial charge is 0.489 e. The molecule has 1 aliphatic heterocycles. The van der Waals surface area contributed by atoms with Gasteiger partial charge in [-0.05, 0) is 24.2 Å². The van der Waals surface area contributed by atoms with Crippen LogP contribution in [0.4, 0.5) is 0 Å². The number of hydrogen-bond acceptors (Lipinski definition) is 3. The molecule has 2 aromatic rings. The summed E-state index contributed by atoms with van der Waals surface area (Å²) in [5.74, 6) is 0.867. The number of hydrogen-bond donors (Lipinski definition) is 0. The normalized spacial score (nSPS) is 15.3. The van der Waals surface area contributed by atoms with E-state index in [-0.39, 0.29) is 0 Å². The first kappa shape index (κ1) is 16.9. The Morgan fingerprint density at radius 2 is 1.75 bits per heavy atom. The Kier molecular flexibility index (Phi) is 5.83. The fourth-order valence-electron chi connectivity index (χ4n) is 2.91. The first-order valence-electron chi connectivity index (χ1n) is 8.54. The monoisotopic (exact) mass is 340 g/mol. The van der Waals surface area contributed by atoms with Crippen molar-refractivity contribution in [1.29, 1.82) is 0 Å². The molecule has 1 saturated heterocycles. The van der Waals surface area contributed by atoms with E-state index < -0.39 is 0 Å². The summed E-state index contributed by atoms with van der Waals surface area (Å²) in [7, 11) is 0. The first-order valence-corrected chi connectivity index (χ1v) is 8.95. The van der Waals surface area contributed by atoms with Gasteiger partial charge in [0.2, 0.25) is 0 Å². The van der Waals surface area contributed by atoms with Crippen LogP contribution in [0.1, 0.15) is 18.1 Å². The summed E-state index contributed by atoms with van der Waals surface area (Å²) in [4.78, 5) is 5.69. The van der Waals surface area contributed by atoms with Crippen LogP contribution in [0.3, 0.4) is 0 Å². The lowest BCUT2D eigenvalue weighted by atomic mass is 10.2. The molecule has 1 aliphatic rings. The second-order valence-electron chi connectivity index (χ2n) is 6.03. The lowest BCUT2D eigenvalue weighted by Gasteiger charge is -2.35. The number of thiocarbonyl (C=S) groups is 1. The van der Waals surface area contributed by atoms with Gasteiger partial charge in [-0.1, -0.05) is 61.6 Å². The zero-order chi connectivity index (χ0) is 16.8. The van der Waals surface area contributed by atoms with Gasteiger partial charge in [-0.2, -0.15) is 0 Å². The zero-order valence-electron chi connectivity index (χ0n) is 14.1. The van der Waals surface area contributed by atoms with Gasteiger partial charge in [0.15, 0.2) is 0 Å². The summed E-state index contributed by atoms with van der Waals surface area (Å²) < 4.78 is 5.92. The smallest absolute Gasteiger partial charge is 0.120 e. The van der Waals surface area contributed by atoms with Crippen LogP contribution in [0.5, 0.6) is 5.75 Å². The summed E-state index contributed by atoms with van der Waals surface area (Å²) in [6.07, 6.45) is 0. The topological polar surface area (TPSA) is 15.7 Å². The maximum atomic E-state index is 5.92. The van der Waals surface area contributed by atoms with Gasteiger partial charge in [-0.15, -0.1) is 0 Å². The fourth-order valence-corrected chi connectivity index (χ4v) is 3.22. The molecule has 0 atom stereocenters. The highest BCUT2D eigenvalue weighted by Gasteiger charge is 2.18. The van der Waals surface area contributed by atoms with Gasteiger partial charge in [0.05, 0.1) is 0 Å². The van der Waals surface area contributed by atoms with Gasteiger partial charge >= 0.3 is 0 Å². The minimum atomic E-state index is 0.576. The van der Waals surface area contributed by atoms with Crippen molar-refractivity contribution < 1.29 is 4.74 Å². The molecular weight excluding hydrogens is 316 g/mol. The van der Waals surface area contributed by atoms with Gasteiger partial charge in [0.1, 0.15) is 17.3 Å². The van der Waals surface area contributed by atoms with Crippen LogP contribution in [-0.4, -0.2) is 47.5 Å². The third-order valence-corrected chi connectivity index (χ3v) is 4.93. The van der Waals surface area contributed by atoms with Crippen LogP contribution in [-0.2, 0) is 6.61 Å². The molecule has 1 heterocycles. The highest BCUT2D eigenvalue weighted by molar-refractivity contribution is 7.80. The quantitative estimate of drug-likeness (QED) is 0.773. The van der Waals surface area contributed by atoms with Gasteiger partial charge in [0.25, 0.3) is 0 Å². The number of ether oxygens (including phenoxy) is 1. The van der Waals surface area contributed by atoms with Crippen LogP contribution in [0.15, 0.2) is 54.6 Å². The summed E-state index contributed by atoms with van der Waals surface area (Å²) >= 11 is 5.70. The molecule has 0 bridgehead atoms. The summed E-state index contributed by atoms with van der Waals surface area (Å²) in [6.45, 7) is 8.07. The molecule has 126 valence electrons. The second-order valence-corrected chi connectivity index (χ2v) is 6.42. The standard InChI is InChI=1S/C20H24N2OS/c1-2-21-11-13-22(14-12-21)20(24)18-9-6-10-19(15-18)23-16-17-7-4-3-5-8-17/h3-10,15H,2,11-14,16H2,1H3. The minimum Gasteiger partial charge on any atom is -0.489 e. The predicted molar refractivity (Wildman–Crippen MR) is 103 cm³/mol. The number of rotatable bonds is 5. The van der Waals surface area contributed by atoms with Crippen LogP contribution in [0, 0.1) is 0 Å². The minimum absolute atomic E-state index is 0.576. The molecule has 0 unspecified atom stereocenters. The number of benzene rings is 2. The van der Waals surface area contributed by atoms with Crippen LogP contribution in [0.25, 0.3) is 0 Å². The van der Waals surface area contributed by atoms with Crippen LogP contribution < -0.4 is 4.74 Å². The molecule has 0 radical (unpaired) electrons. The maximum Gasteiger partial charge on any atom is 0.120 e. The predicted octanol–water partition coefficient (Wildman–Crippen LogP) is 3.58. The molecule has 0 N–H and O–H groups in total. The fraction of sp³-hybridized carbons (Fsp3) is 0.350. The number of likely N-dealkylation sites (N-methyl/N-ethyl adjacent to an activating group) is 1.